The third-order valence-corrected chi connectivity index (χ3v) is 4.79. The van der Waals surface area contributed by atoms with Crippen LogP contribution in [0, 0.1) is 0 Å². The first-order chi connectivity index (χ1) is 13.0. The van der Waals surface area contributed by atoms with E-state index in [1.54, 1.807) is 35.2 Å². The van der Waals surface area contributed by atoms with Crippen LogP contribution in [0.25, 0.3) is 10.9 Å². The zero-order chi connectivity index (χ0) is 19.2. The number of anilines is 1. The summed E-state index contributed by atoms with van der Waals surface area (Å²) in [5.74, 6) is -0.0937. The maximum atomic E-state index is 12.4. The van der Waals surface area contributed by atoms with Crippen molar-refractivity contribution < 1.29 is 4.79 Å². The van der Waals surface area contributed by atoms with Crippen molar-refractivity contribution in [3.05, 3.63) is 69.2 Å². The summed E-state index contributed by atoms with van der Waals surface area (Å²) in [6.45, 7) is 0.585. The van der Waals surface area contributed by atoms with Crippen LogP contribution < -0.4 is 10.9 Å². The Balaban J connectivity index is 1.45. The van der Waals surface area contributed by atoms with E-state index >= 15 is 0 Å². The number of hydrogen-bond donors (Lipinski definition) is 1. The number of para-hydroxylation sites is 1. The molecule has 0 aliphatic rings. The number of nitrogens with one attached hydrogen (secondary N) is 1. The number of carbonyl (C=O) groups excluding carboxylic acids is 1. The lowest BCUT2D eigenvalue weighted by Crippen LogP contribution is -2.20. The first-order valence-electron chi connectivity index (χ1n) is 8.73. The van der Waals surface area contributed by atoms with Crippen molar-refractivity contribution in [3.63, 3.8) is 0 Å². The summed E-state index contributed by atoms with van der Waals surface area (Å²) >= 11 is 11.9. The monoisotopic (exact) mass is 403 g/mol. The lowest BCUT2D eigenvalue weighted by atomic mass is 10.2. The second-order valence-electron chi connectivity index (χ2n) is 6.24. The minimum absolute atomic E-state index is 0.0317. The summed E-state index contributed by atoms with van der Waals surface area (Å²) in [4.78, 5) is 28.7. The highest BCUT2D eigenvalue weighted by atomic mass is 35.5. The molecule has 0 saturated carbocycles. The fourth-order valence-corrected chi connectivity index (χ4v) is 3.27. The number of aromatic nitrogens is 2. The number of halogens is 2. The van der Waals surface area contributed by atoms with Gasteiger partial charge in [-0.25, -0.2) is 4.98 Å². The van der Waals surface area contributed by atoms with Crippen molar-refractivity contribution in [2.45, 2.75) is 32.2 Å². The van der Waals surface area contributed by atoms with Crippen LogP contribution >= 0.6 is 23.2 Å². The number of rotatable bonds is 7. The average molecular weight is 404 g/mol. The predicted molar refractivity (Wildman–Crippen MR) is 110 cm³/mol. The molecule has 0 unspecified atom stereocenters. The van der Waals surface area contributed by atoms with Gasteiger partial charge in [0, 0.05) is 18.0 Å². The zero-order valence-corrected chi connectivity index (χ0v) is 16.1. The number of aryl methyl sites for hydroxylation is 1. The Bertz CT molecular complexity index is 1020. The Morgan fingerprint density at radius 3 is 2.70 bits per heavy atom. The van der Waals surface area contributed by atoms with Crippen LogP contribution in [0.2, 0.25) is 10.0 Å². The molecule has 1 aromatic heterocycles. The molecule has 0 saturated heterocycles. The number of hydrogen-bond acceptors (Lipinski definition) is 3. The maximum absolute atomic E-state index is 12.4. The SMILES string of the molecule is O=C(CCCCCn1cnc2ccccc2c1=O)Nc1ccc(Cl)cc1Cl. The number of fused-ring (bicyclic) bond motifs is 1. The molecule has 27 heavy (non-hydrogen) atoms. The van der Waals surface area contributed by atoms with Crippen LogP contribution in [0.3, 0.4) is 0 Å². The highest BCUT2D eigenvalue weighted by Gasteiger charge is 2.07. The van der Waals surface area contributed by atoms with Gasteiger partial charge in [-0.3, -0.25) is 14.2 Å². The molecule has 0 fully saturated rings. The molecule has 1 amide bonds. The molecule has 0 bridgehead atoms. The molecule has 0 spiro atoms. The van der Waals surface area contributed by atoms with E-state index in [0.29, 0.717) is 39.6 Å². The normalized spacial score (nSPS) is 10.9. The third kappa shape index (κ3) is 5.08. The fourth-order valence-electron chi connectivity index (χ4n) is 2.81. The van der Waals surface area contributed by atoms with E-state index in [0.717, 1.165) is 19.3 Å². The highest BCUT2D eigenvalue weighted by Crippen LogP contribution is 2.25. The third-order valence-electron chi connectivity index (χ3n) is 4.24. The lowest BCUT2D eigenvalue weighted by Gasteiger charge is -2.08. The van der Waals surface area contributed by atoms with Gasteiger partial charge in [0.15, 0.2) is 0 Å². The van der Waals surface area contributed by atoms with Gasteiger partial charge in [0.25, 0.3) is 5.56 Å². The largest absolute Gasteiger partial charge is 0.325 e. The van der Waals surface area contributed by atoms with Gasteiger partial charge in [0.2, 0.25) is 5.91 Å². The Kier molecular flexibility index (Phi) is 6.48. The first-order valence-corrected chi connectivity index (χ1v) is 9.49. The number of nitrogens with zero attached hydrogens (tertiary/aromatic N) is 2. The van der Waals surface area contributed by atoms with Gasteiger partial charge in [-0.15, -0.1) is 0 Å². The summed E-state index contributed by atoms with van der Waals surface area (Å²) in [5.41, 5.74) is 1.23. The van der Waals surface area contributed by atoms with Crippen molar-refractivity contribution >= 4 is 45.7 Å². The fraction of sp³-hybridized carbons (Fsp3) is 0.250. The number of benzene rings is 2. The van der Waals surface area contributed by atoms with E-state index in [1.807, 2.05) is 18.2 Å². The summed E-state index contributed by atoms with van der Waals surface area (Å²) in [5, 5.41) is 4.35. The van der Waals surface area contributed by atoms with Crippen molar-refractivity contribution in [1.82, 2.24) is 9.55 Å². The molecule has 1 heterocycles. The minimum atomic E-state index is -0.0937. The van der Waals surface area contributed by atoms with Crippen LogP contribution in [0.15, 0.2) is 53.6 Å². The molecule has 3 aromatic rings. The number of amides is 1. The molecule has 0 aliphatic carbocycles. The van der Waals surface area contributed by atoms with Crippen LogP contribution in [-0.2, 0) is 11.3 Å². The van der Waals surface area contributed by atoms with Crippen molar-refractivity contribution in [1.29, 1.82) is 0 Å². The lowest BCUT2D eigenvalue weighted by molar-refractivity contribution is -0.116. The van der Waals surface area contributed by atoms with Crippen LogP contribution in [0.1, 0.15) is 25.7 Å². The van der Waals surface area contributed by atoms with E-state index in [2.05, 4.69) is 10.3 Å². The molecule has 0 atom stereocenters. The quantitative estimate of drug-likeness (QED) is 0.570. The molecular weight excluding hydrogens is 385 g/mol. The Morgan fingerprint density at radius 1 is 1.07 bits per heavy atom. The predicted octanol–water partition coefficient (Wildman–Crippen LogP) is 4.90. The van der Waals surface area contributed by atoms with E-state index in [9.17, 15) is 9.59 Å². The molecular formula is C20H19Cl2N3O2. The van der Waals surface area contributed by atoms with Gasteiger partial charge < -0.3 is 5.32 Å². The molecule has 140 valence electrons. The Labute approximate surface area is 166 Å². The van der Waals surface area contributed by atoms with Gasteiger partial charge in [0.05, 0.1) is 27.9 Å². The molecule has 5 nitrogen and oxygen atoms in total. The van der Waals surface area contributed by atoms with Crippen LogP contribution in [-0.4, -0.2) is 15.5 Å². The smallest absolute Gasteiger partial charge is 0.261 e. The molecule has 0 aliphatic heterocycles. The van der Waals surface area contributed by atoms with E-state index < -0.39 is 0 Å². The van der Waals surface area contributed by atoms with Gasteiger partial charge in [-0.05, 0) is 43.2 Å². The Hall–Kier alpha value is -2.37. The second kappa shape index (κ2) is 9.02. The van der Waals surface area contributed by atoms with Crippen LogP contribution in [0.5, 0.6) is 0 Å². The standard InChI is InChI=1S/C20H19Cl2N3O2/c21-14-9-10-18(16(22)12-14)24-19(26)8-2-1-5-11-25-13-23-17-7-4-3-6-15(17)20(25)27/h3-4,6-7,9-10,12-13H,1-2,5,8,11H2,(H,24,26). The summed E-state index contributed by atoms with van der Waals surface area (Å²) < 4.78 is 1.62. The summed E-state index contributed by atoms with van der Waals surface area (Å²) in [7, 11) is 0. The minimum Gasteiger partial charge on any atom is -0.325 e. The molecule has 0 radical (unpaired) electrons. The van der Waals surface area contributed by atoms with Crippen LogP contribution in [0.4, 0.5) is 5.69 Å². The summed E-state index contributed by atoms with van der Waals surface area (Å²) in [6, 6.07) is 12.3. The zero-order valence-electron chi connectivity index (χ0n) is 14.6. The van der Waals surface area contributed by atoms with Gasteiger partial charge in [0.1, 0.15) is 0 Å². The topological polar surface area (TPSA) is 64.0 Å². The van der Waals surface area contributed by atoms with Gasteiger partial charge >= 0.3 is 0 Å². The summed E-state index contributed by atoms with van der Waals surface area (Å²) in [6.07, 6.45) is 4.34. The number of carbonyl (C=O) groups is 1. The highest BCUT2D eigenvalue weighted by molar-refractivity contribution is 6.36. The molecule has 7 heteroatoms. The van der Waals surface area contributed by atoms with E-state index in [4.69, 9.17) is 23.2 Å². The molecule has 2 aromatic carbocycles. The van der Waals surface area contributed by atoms with Crippen molar-refractivity contribution in [2.75, 3.05) is 5.32 Å². The van der Waals surface area contributed by atoms with Crippen molar-refractivity contribution in [2.24, 2.45) is 0 Å². The number of unbranched alkanes of at least 4 members (excludes halogenated alkanes) is 2. The molecule has 1 N–H and O–H groups in total. The second-order valence-corrected chi connectivity index (χ2v) is 7.09. The first kappa shape index (κ1) is 19.4. The van der Waals surface area contributed by atoms with Gasteiger partial charge in [-0.2, -0.15) is 0 Å². The molecule has 3 rings (SSSR count). The van der Waals surface area contributed by atoms with E-state index in [1.165, 1.54) is 0 Å². The van der Waals surface area contributed by atoms with Crippen molar-refractivity contribution in [3.8, 4) is 0 Å². The van der Waals surface area contributed by atoms with Gasteiger partial charge in [-0.1, -0.05) is 41.8 Å². The average Bonchev–Trinajstić information content (AvgIpc) is 2.65. The Morgan fingerprint density at radius 2 is 1.89 bits per heavy atom. The van der Waals surface area contributed by atoms with E-state index in [-0.39, 0.29) is 11.5 Å². The maximum Gasteiger partial charge on any atom is 0.261 e.